The molecule has 0 fully saturated rings. The molecule has 1 aromatic carbocycles. The van der Waals surface area contributed by atoms with Crippen molar-refractivity contribution in [2.45, 2.75) is 18.4 Å². The van der Waals surface area contributed by atoms with E-state index in [-0.39, 0.29) is 11.4 Å². The van der Waals surface area contributed by atoms with Crippen LogP contribution >= 0.6 is 15.9 Å². The number of fused-ring (bicyclic) bond motifs is 1. The molecule has 0 atom stereocenters. The van der Waals surface area contributed by atoms with E-state index in [9.17, 15) is 8.42 Å². The molecule has 0 unspecified atom stereocenters. The lowest BCUT2D eigenvalue weighted by Crippen LogP contribution is -2.23. The molecular formula is C15H14BrN3O2S. The highest BCUT2D eigenvalue weighted by atomic mass is 79.9. The summed E-state index contributed by atoms with van der Waals surface area (Å²) in [5, 5.41) is 0. The summed E-state index contributed by atoms with van der Waals surface area (Å²) in [6.07, 6.45) is 3.73. The normalized spacial score (nSPS) is 11.9. The Kier molecular flexibility index (Phi) is 4.03. The molecule has 2 aromatic heterocycles. The molecule has 0 aliphatic rings. The van der Waals surface area contributed by atoms with E-state index in [1.807, 2.05) is 35.9 Å². The Balaban J connectivity index is 1.79. The Labute approximate surface area is 137 Å². The van der Waals surface area contributed by atoms with E-state index >= 15 is 0 Å². The van der Waals surface area contributed by atoms with E-state index in [4.69, 9.17) is 0 Å². The number of hydrogen-bond donors (Lipinski definition) is 1. The van der Waals surface area contributed by atoms with Gasteiger partial charge in [0.2, 0.25) is 10.0 Å². The van der Waals surface area contributed by atoms with Crippen LogP contribution in [-0.4, -0.2) is 17.8 Å². The number of halogens is 1. The molecule has 0 saturated heterocycles. The number of aryl methyl sites for hydroxylation is 1. The molecule has 0 bridgehead atoms. The van der Waals surface area contributed by atoms with Crippen molar-refractivity contribution < 1.29 is 8.42 Å². The third kappa shape index (κ3) is 3.21. The molecule has 0 radical (unpaired) electrons. The predicted molar refractivity (Wildman–Crippen MR) is 88.1 cm³/mol. The van der Waals surface area contributed by atoms with Gasteiger partial charge in [0.15, 0.2) is 0 Å². The number of aromatic nitrogens is 2. The van der Waals surface area contributed by atoms with Gasteiger partial charge in [-0.25, -0.2) is 18.1 Å². The number of sulfonamides is 1. The average molecular weight is 380 g/mol. The molecule has 114 valence electrons. The van der Waals surface area contributed by atoms with Crippen molar-refractivity contribution in [3.8, 4) is 0 Å². The van der Waals surface area contributed by atoms with E-state index in [0.29, 0.717) is 5.69 Å². The van der Waals surface area contributed by atoms with Crippen LogP contribution in [0.3, 0.4) is 0 Å². The standard InChI is InChI=1S/C15H14BrN3O2S/c1-11-6-7-19-10-13(18-15(19)8-11)9-17-22(20,21)14-4-2-12(16)3-5-14/h2-8,10,17H,9H2,1H3. The van der Waals surface area contributed by atoms with Crippen LogP contribution < -0.4 is 4.72 Å². The Morgan fingerprint density at radius 2 is 1.95 bits per heavy atom. The summed E-state index contributed by atoms with van der Waals surface area (Å²) in [5.41, 5.74) is 2.59. The molecule has 5 nitrogen and oxygen atoms in total. The van der Waals surface area contributed by atoms with Crippen molar-refractivity contribution >= 4 is 31.6 Å². The van der Waals surface area contributed by atoms with Crippen LogP contribution in [0.5, 0.6) is 0 Å². The maximum Gasteiger partial charge on any atom is 0.240 e. The molecule has 0 saturated carbocycles. The highest BCUT2D eigenvalue weighted by Gasteiger charge is 2.14. The largest absolute Gasteiger partial charge is 0.307 e. The van der Waals surface area contributed by atoms with Crippen LogP contribution in [-0.2, 0) is 16.6 Å². The summed E-state index contributed by atoms with van der Waals surface area (Å²) >= 11 is 3.29. The fraction of sp³-hybridized carbons (Fsp3) is 0.133. The van der Waals surface area contributed by atoms with Crippen LogP contribution in [0.2, 0.25) is 0 Å². The van der Waals surface area contributed by atoms with Gasteiger partial charge in [-0.05, 0) is 48.9 Å². The second kappa shape index (κ2) is 5.83. The fourth-order valence-corrected chi connectivity index (χ4v) is 3.35. The lowest BCUT2D eigenvalue weighted by molar-refractivity contribution is 0.580. The molecule has 0 amide bonds. The zero-order chi connectivity index (χ0) is 15.7. The topological polar surface area (TPSA) is 63.5 Å². The highest BCUT2D eigenvalue weighted by molar-refractivity contribution is 9.10. The van der Waals surface area contributed by atoms with Crippen LogP contribution in [0, 0.1) is 6.92 Å². The van der Waals surface area contributed by atoms with Gasteiger partial charge in [-0.15, -0.1) is 0 Å². The monoisotopic (exact) mass is 379 g/mol. The zero-order valence-corrected chi connectivity index (χ0v) is 14.2. The van der Waals surface area contributed by atoms with Crippen molar-refractivity contribution in [2.75, 3.05) is 0 Å². The number of imidazole rings is 1. The minimum atomic E-state index is -3.54. The smallest absolute Gasteiger partial charge is 0.240 e. The summed E-state index contributed by atoms with van der Waals surface area (Å²) in [6.45, 7) is 2.14. The van der Waals surface area contributed by atoms with Gasteiger partial charge >= 0.3 is 0 Å². The number of nitrogens with zero attached hydrogens (tertiary/aromatic N) is 2. The SMILES string of the molecule is Cc1ccn2cc(CNS(=O)(=O)c3ccc(Br)cc3)nc2c1. The lowest BCUT2D eigenvalue weighted by Gasteiger charge is -2.05. The first-order valence-corrected chi connectivity index (χ1v) is 8.91. The maximum atomic E-state index is 12.2. The van der Waals surface area contributed by atoms with Crippen molar-refractivity contribution in [3.05, 3.63) is 64.5 Å². The van der Waals surface area contributed by atoms with Gasteiger partial charge < -0.3 is 4.40 Å². The summed E-state index contributed by atoms with van der Waals surface area (Å²) in [4.78, 5) is 4.64. The van der Waals surface area contributed by atoms with Gasteiger partial charge in [-0.1, -0.05) is 15.9 Å². The third-order valence-electron chi connectivity index (χ3n) is 3.23. The average Bonchev–Trinajstić information content (AvgIpc) is 2.88. The molecule has 3 aromatic rings. The number of nitrogens with one attached hydrogen (secondary N) is 1. The summed E-state index contributed by atoms with van der Waals surface area (Å²) in [5.74, 6) is 0. The van der Waals surface area contributed by atoms with Crippen molar-refractivity contribution in [3.63, 3.8) is 0 Å². The van der Waals surface area contributed by atoms with Crippen LogP contribution in [0.25, 0.3) is 5.65 Å². The van der Waals surface area contributed by atoms with Crippen molar-refractivity contribution in [2.24, 2.45) is 0 Å². The van der Waals surface area contributed by atoms with Crippen molar-refractivity contribution in [1.82, 2.24) is 14.1 Å². The summed E-state index contributed by atoms with van der Waals surface area (Å²) < 4.78 is 29.7. The first-order chi connectivity index (χ1) is 10.4. The predicted octanol–water partition coefficient (Wildman–Crippen LogP) is 2.88. The van der Waals surface area contributed by atoms with Crippen LogP contribution in [0.15, 0.2) is 58.2 Å². The first-order valence-electron chi connectivity index (χ1n) is 6.63. The third-order valence-corrected chi connectivity index (χ3v) is 5.18. The Morgan fingerprint density at radius 3 is 2.68 bits per heavy atom. The quantitative estimate of drug-likeness (QED) is 0.757. The molecule has 2 heterocycles. The summed E-state index contributed by atoms with van der Waals surface area (Å²) in [7, 11) is -3.54. The molecule has 1 N–H and O–H groups in total. The first kappa shape index (κ1) is 15.2. The minimum Gasteiger partial charge on any atom is -0.307 e. The highest BCUT2D eigenvalue weighted by Crippen LogP contribution is 2.15. The fourth-order valence-electron chi connectivity index (χ4n) is 2.09. The molecule has 7 heteroatoms. The van der Waals surface area contributed by atoms with Gasteiger partial charge in [-0.2, -0.15) is 0 Å². The number of rotatable bonds is 4. The maximum absolute atomic E-state index is 12.2. The Bertz CT molecular complexity index is 918. The minimum absolute atomic E-state index is 0.152. The van der Waals surface area contributed by atoms with Gasteiger partial charge in [0.1, 0.15) is 5.65 Å². The van der Waals surface area contributed by atoms with Gasteiger partial charge in [0.05, 0.1) is 17.1 Å². The van der Waals surface area contributed by atoms with Gasteiger partial charge in [0.25, 0.3) is 0 Å². The molecule has 0 spiro atoms. The molecule has 3 rings (SSSR count). The molecule has 0 aliphatic heterocycles. The lowest BCUT2D eigenvalue weighted by atomic mass is 10.3. The van der Waals surface area contributed by atoms with Gasteiger partial charge in [-0.3, -0.25) is 0 Å². The van der Waals surface area contributed by atoms with E-state index in [1.54, 1.807) is 24.3 Å². The van der Waals surface area contributed by atoms with E-state index in [2.05, 4.69) is 25.6 Å². The molecular weight excluding hydrogens is 366 g/mol. The van der Waals surface area contributed by atoms with Gasteiger partial charge in [0, 0.05) is 16.9 Å². The van der Waals surface area contributed by atoms with E-state index < -0.39 is 10.0 Å². The second-order valence-electron chi connectivity index (χ2n) is 4.98. The van der Waals surface area contributed by atoms with E-state index in [0.717, 1.165) is 15.7 Å². The molecule has 22 heavy (non-hydrogen) atoms. The number of pyridine rings is 1. The second-order valence-corrected chi connectivity index (χ2v) is 7.66. The van der Waals surface area contributed by atoms with Crippen LogP contribution in [0.4, 0.5) is 0 Å². The van der Waals surface area contributed by atoms with Crippen molar-refractivity contribution in [1.29, 1.82) is 0 Å². The zero-order valence-electron chi connectivity index (χ0n) is 11.8. The van der Waals surface area contributed by atoms with Crippen LogP contribution in [0.1, 0.15) is 11.3 Å². The number of benzene rings is 1. The van der Waals surface area contributed by atoms with E-state index in [1.165, 1.54) is 0 Å². The Morgan fingerprint density at radius 1 is 1.23 bits per heavy atom. The Hall–Kier alpha value is -1.70. The summed E-state index contributed by atoms with van der Waals surface area (Å²) in [6, 6.07) is 10.4. The molecule has 0 aliphatic carbocycles. The number of hydrogen-bond acceptors (Lipinski definition) is 3.